The van der Waals surface area contributed by atoms with Crippen molar-refractivity contribution in [3.63, 3.8) is 0 Å². The van der Waals surface area contributed by atoms with Gasteiger partial charge >= 0.3 is 5.69 Å². The molecule has 0 saturated carbocycles. The number of carbonyl (C=O) groups excluding carboxylic acids is 1. The van der Waals surface area contributed by atoms with Gasteiger partial charge in [0.2, 0.25) is 5.91 Å². The summed E-state index contributed by atoms with van der Waals surface area (Å²) in [6.45, 7) is 5.65. The van der Waals surface area contributed by atoms with Crippen molar-refractivity contribution in [3.05, 3.63) is 62.4 Å². The summed E-state index contributed by atoms with van der Waals surface area (Å²) >= 11 is 0. The number of ether oxygens (including phenoxy) is 1. The van der Waals surface area contributed by atoms with Crippen LogP contribution in [0.3, 0.4) is 0 Å². The van der Waals surface area contributed by atoms with Gasteiger partial charge in [-0.1, -0.05) is 24.6 Å². The van der Waals surface area contributed by atoms with Gasteiger partial charge in [0.15, 0.2) is 5.65 Å². The van der Waals surface area contributed by atoms with E-state index in [0.717, 1.165) is 15.7 Å². The van der Waals surface area contributed by atoms with E-state index in [1.165, 1.54) is 11.6 Å². The zero-order chi connectivity index (χ0) is 21.1. The summed E-state index contributed by atoms with van der Waals surface area (Å²) < 4.78 is 7.89. The molecule has 0 saturated heterocycles. The van der Waals surface area contributed by atoms with Gasteiger partial charge in [-0.2, -0.15) is 0 Å². The molecule has 0 atom stereocenters. The Morgan fingerprint density at radius 2 is 1.86 bits per heavy atom. The van der Waals surface area contributed by atoms with Gasteiger partial charge in [0, 0.05) is 24.5 Å². The van der Waals surface area contributed by atoms with E-state index in [9.17, 15) is 14.4 Å². The van der Waals surface area contributed by atoms with Crippen molar-refractivity contribution in [2.24, 2.45) is 7.05 Å². The molecule has 0 radical (unpaired) electrons. The van der Waals surface area contributed by atoms with Gasteiger partial charge in [-0.25, -0.2) is 14.3 Å². The highest BCUT2D eigenvalue weighted by Crippen LogP contribution is 2.25. The van der Waals surface area contributed by atoms with Crippen molar-refractivity contribution in [3.8, 4) is 5.75 Å². The Kier molecular flexibility index (Phi) is 5.81. The van der Waals surface area contributed by atoms with Crippen LogP contribution in [0.25, 0.3) is 11.0 Å². The molecule has 1 aromatic carbocycles. The molecule has 0 fully saturated rings. The second-order valence-electron chi connectivity index (χ2n) is 6.74. The smallest absolute Gasteiger partial charge is 0.332 e. The number of rotatable bonds is 6. The van der Waals surface area contributed by atoms with E-state index in [-0.39, 0.29) is 11.0 Å². The number of hydrogen-bond acceptors (Lipinski definition) is 5. The molecule has 8 heteroatoms. The molecule has 0 spiro atoms. The van der Waals surface area contributed by atoms with Crippen LogP contribution >= 0.6 is 0 Å². The number of fused-ring (bicyclic) bond motifs is 1. The van der Waals surface area contributed by atoms with Crippen LogP contribution in [0.2, 0.25) is 0 Å². The first-order valence-corrected chi connectivity index (χ1v) is 9.48. The minimum absolute atomic E-state index is 0.205. The standard InChI is InChI=1S/C21H24N4O4/c1-5-14-11-22-19-17(18(14)29-6-2)20(27)25(21(28)24(19)4)12-16(26)23-15-9-7-13(3)8-10-15/h7-11H,5-6,12H2,1-4H3,(H,23,26). The van der Waals surface area contributed by atoms with Crippen LogP contribution in [-0.2, 0) is 24.8 Å². The first kappa shape index (κ1) is 20.3. The minimum Gasteiger partial charge on any atom is -0.493 e. The topological polar surface area (TPSA) is 95.2 Å². The van der Waals surface area contributed by atoms with Crippen molar-refractivity contribution in [2.45, 2.75) is 33.7 Å². The Morgan fingerprint density at radius 3 is 2.48 bits per heavy atom. The molecule has 3 aromatic rings. The number of anilines is 1. The van der Waals surface area contributed by atoms with Crippen LogP contribution in [0, 0.1) is 6.92 Å². The molecule has 2 heterocycles. The van der Waals surface area contributed by atoms with Crippen LogP contribution in [0.4, 0.5) is 5.69 Å². The molecule has 152 valence electrons. The quantitative estimate of drug-likeness (QED) is 0.688. The summed E-state index contributed by atoms with van der Waals surface area (Å²) in [6, 6.07) is 7.25. The van der Waals surface area contributed by atoms with Gasteiger partial charge < -0.3 is 10.1 Å². The van der Waals surface area contributed by atoms with E-state index < -0.39 is 23.7 Å². The molecule has 0 bridgehead atoms. The fraction of sp³-hybridized carbons (Fsp3) is 0.333. The van der Waals surface area contributed by atoms with Crippen molar-refractivity contribution in [2.75, 3.05) is 11.9 Å². The highest BCUT2D eigenvalue weighted by atomic mass is 16.5. The molecule has 0 aliphatic heterocycles. The molecular formula is C21H24N4O4. The second-order valence-corrected chi connectivity index (χ2v) is 6.74. The SMILES string of the molecule is CCOc1c(CC)cnc2c1c(=O)n(CC(=O)Nc1ccc(C)cc1)c(=O)n2C. The molecule has 0 aliphatic carbocycles. The summed E-state index contributed by atoms with van der Waals surface area (Å²) in [7, 11) is 1.52. The number of nitrogens with one attached hydrogen (secondary N) is 1. The fourth-order valence-corrected chi connectivity index (χ4v) is 3.15. The van der Waals surface area contributed by atoms with E-state index in [4.69, 9.17) is 4.74 Å². The maximum Gasteiger partial charge on any atom is 0.332 e. The lowest BCUT2D eigenvalue weighted by atomic mass is 10.1. The lowest BCUT2D eigenvalue weighted by molar-refractivity contribution is -0.116. The van der Waals surface area contributed by atoms with Gasteiger partial charge in [-0.3, -0.25) is 14.2 Å². The Labute approximate surface area is 167 Å². The van der Waals surface area contributed by atoms with E-state index in [1.807, 2.05) is 32.9 Å². The van der Waals surface area contributed by atoms with E-state index in [2.05, 4.69) is 10.3 Å². The van der Waals surface area contributed by atoms with Crippen LogP contribution in [0.1, 0.15) is 25.0 Å². The number of nitrogens with zero attached hydrogens (tertiary/aromatic N) is 3. The Balaban J connectivity index is 2.09. The number of aromatic nitrogens is 3. The molecule has 0 aliphatic rings. The zero-order valence-electron chi connectivity index (χ0n) is 17.0. The van der Waals surface area contributed by atoms with Gasteiger partial charge in [0.1, 0.15) is 17.7 Å². The molecule has 0 unspecified atom stereocenters. The first-order valence-electron chi connectivity index (χ1n) is 9.48. The van der Waals surface area contributed by atoms with Crippen molar-refractivity contribution < 1.29 is 9.53 Å². The van der Waals surface area contributed by atoms with E-state index in [1.54, 1.807) is 18.3 Å². The van der Waals surface area contributed by atoms with Gasteiger partial charge in [-0.15, -0.1) is 0 Å². The van der Waals surface area contributed by atoms with Crippen LogP contribution in [-0.4, -0.2) is 26.6 Å². The van der Waals surface area contributed by atoms with Crippen LogP contribution in [0.15, 0.2) is 40.1 Å². The van der Waals surface area contributed by atoms with Crippen LogP contribution < -0.4 is 21.3 Å². The first-order chi connectivity index (χ1) is 13.9. The molecule has 29 heavy (non-hydrogen) atoms. The summed E-state index contributed by atoms with van der Waals surface area (Å²) in [6.07, 6.45) is 2.23. The maximum atomic E-state index is 13.1. The fourth-order valence-electron chi connectivity index (χ4n) is 3.15. The molecule has 2 aromatic heterocycles. The Morgan fingerprint density at radius 1 is 1.17 bits per heavy atom. The third-order valence-corrected chi connectivity index (χ3v) is 4.69. The summed E-state index contributed by atoms with van der Waals surface area (Å²) in [5.41, 5.74) is 1.46. The predicted molar refractivity (Wildman–Crippen MR) is 112 cm³/mol. The molecular weight excluding hydrogens is 372 g/mol. The molecule has 8 nitrogen and oxygen atoms in total. The predicted octanol–water partition coefficient (Wildman–Crippen LogP) is 2.00. The number of pyridine rings is 1. The summed E-state index contributed by atoms with van der Waals surface area (Å²) in [4.78, 5) is 42.6. The highest BCUT2D eigenvalue weighted by molar-refractivity contribution is 5.91. The van der Waals surface area contributed by atoms with E-state index in [0.29, 0.717) is 24.5 Å². The number of benzene rings is 1. The summed E-state index contributed by atoms with van der Waals surface area (Å²) in [5, 5.41) is 2.91. The maximum absolute atomic E-state index is 13.1. The van der Waals surface area contributed by atoms with E-state index >= 15 is 0 Å². The molecule has 1 amide bonds. The number of amides is 1. The van der Waals surface area contributed by atoms with Crippen molar-refractivity contribution >= 4 is 22.6 Å². The van der Waals surface area contributed by atoms with Crippen LogP contribution in [0.5, 0.6) is 5.75 Å². The van der Waals surface area contributed by atoms with Gasteiger partial charge in [-0.05, 0) is 32.4 Å². The monoisotopic (exact) mass is 396 g/mol. The Hall–Kier alpha value is -3.42. The Bertz CT molecular complexity index is 1180. The lowest BCUT2D eigenvalue weighted by Crippen LogP contribution is -2.42. The zero-order valence-corrected chi connectivity index (χ0v) is 17.0. The molecule has 3 rings (SSSR count). The minimum atomic E-state index is -0.610. The average Bonchev–Trinajstić information content (AvgIpc) is 2.71. The third kappa shape index (κ3) is 3.91. The second kappa shape index (κ2) is 8.30. The third-order valence-electron chi connectivity index (χ3n) is 4.69. The lowest BCUT2D eigenvalue weighted by Gasteiger charge is -2.15. The largest absolute Gasteiger partial charge is 0.493 e. The average molecular weight is 396 g/mol. The van der Waals surface area contributed by atoms with Crippen molar-refractivity contribution in [1.82, 2.24) is 14.1 Å². The normalized spacial score (nSPS) is 10.9. The molecule has 1 N–H and O–H groups in total. The van der Waals surface area contributed by atoms with Gasteiger partial charge in [0.25, 0.3) is 5.56 Å². The number of hydrogen-bond donors (Lipinski definition) is 1. The number of carbonyl (C=O) groups is 1. The highest BCUT2D eigenvalue weighted by Gasteiger charge is 2.20. The number of aryl methyl sites for hydroxylation is 3. The van der Waals surface area contributed by atoms with Gasteiger partial charge in [0.05, 0.1) is 6.61 Å². The van der Waals surface area contributed by atoms with Crippen molar-refractivity contribution in [1.29, 1.82) is 0 Å². The summed E-state index contributed by atoms with van der Waals surface area (Å²) in [5.74, 6) is -0.0572.